The number of allylic oxidation sites excluding steroid dienone is 5. The van der Waals surface area contributed by atoms with Crippen LogP contribution in [0, 0.1) is 11.8 Å². The van der Waals surface area contributed by atoms with E-state index < -0.39 is 0 Å². The number of aryl methyl sites for hydroxylation is 1. The van der Waals surface area contributed by atoms with Crippen molar-refractivity contribution in [3.63, 3.8) is 0 Å². The lowest BCUT2D eigenvalue weighted by molar-refractivity contribution is -0.145. The molecule has 1 atom stereocenters. The van der Waals surface area contributed by atoms with Gasteiger partial charge in [0.1, 0.15) is 18.2 Å². The summed E-state index contributed by atoms with van der Waals surface area (Å²) >= 11 is 0. The molecule has 2 aromatic carbocycles. The van der Waals surface area contributed by atoms with E-state index in [1.54, 1.807) is 20.3 Å². The number of rotatable bonds is 8. The monoisotopic (exact) mass is 489 g/mol. The van der Waals surface area contributed by atoms with Crippen molar-refractivity contribution in [1.82, 2.24) is 4.90 Å². The lowest BCUT2D eigenvalue weighted by Crippen LogP contribution is -2.38. The number of piperidine rings is 1. The number of benzene rings is 2. The van der Waals surface area contributed by atoms with Crippen molar-refractivity contribution in [2.45, 2.75) is 45.0 Å². The quantitative estimate of drug-likeness (QED) is 0.387. The molecular formula is C31H36FNO3. The van der Waals surface area contributed by atoms with E-state index in [9.17, 15) is 0 Å². The molecule has 0 saturated carbocycles. The van der Waals surface area contributed by atoms with Gasteiger partial charge in [-0.2, -0.15) is 0 Å². The molecular weight excluding hydrogens is 453 g/mol. The summed E-state index contributed by atoms with van der Waals surface area (Å²) < 4.78 is 32.5. The summed E-state index contributed by atoms with van der Waals surface area (Å²) in [5.41, 5.74) is 5.67. The summed E-state index contributed by atoms with van der Waals surface area (Å²) in [6.45, 7) is 2.33. The molecule has 1 saturated heterocycles. The highest BCUT2D eigenvalue weighted by Crippen LogP contribution is 2.42. The van der Waals surface area contributed by atoms with Crippen LogP contribution in [0.15, 0.2) is 78.3 Å². The van der Waals surface area contributed by atoms with E-state index in [1.165, 1.54) is 5.56 Å². The van der Waals surface area contributed by atoms with Gasteiger partial charge >= 0.3 is 0 Å². The molecule has 0 bridgehead atoms. The van der Waals surface area contributed by atoms with Crippen molar-refractivity contribution in [3.8, 4) is 5.75 Å². The summed E-state index contributed by atoms with van der Waals surface area (Å²) in [5, 5.41) is 0. The van der Waals surface area contributed by atoms with E-state index in [0.29, 0.717) is 18.9 Å². The van der Waals surface area contributed by atoms with E-state index in [1.807, 2.05) is 24.3 Å². The van der Waals surface area contributed by atoms with Crippen molar-refractivity contribution in [1.29, 1.82) is 0 Å². The molecule has 0 aromatic heterocycles. The number of halogens is 1. The highest BCUT2D eigenvalue weighted by molar-refractivity contribution is 5.74. The van der Waals surface area contributed by atoms with Crippen LogP contribution in [-0.2, 0) is 22.5 Å². The van der Waals surface area contributed by atoms with Gasteiger partial charge in [0.15, 0.2) is 6.29 Å². The Morgan fingerprint density at radius 2 is 1.78 bits per heavy atom. The van der Waals surface area contributed by atoms with Crippen molar-refractivity contribution < 1.29 is 18.6 Å². The van der Waals surface area contributed by atoms with Crippen LogP contribution in [0.5, 0.6) is 5.75 Å². The summed E-state index contributed by atoms with van der Waals surface area (Å²) in [7, 11) is 3.39. The molecule has 2 aliphatic carbocycles. The molecule has 0 spiro atoms. The Kier molecular flexibility index (Phi) is 7.88. The third-order valence-corrected chi connectivity index (χ3v) is 7.73. The Morgan fingerprint density at radius 3 is 2.50 bits per heavy atom. The molecule has 190 valence electrons. The molecule has 1 aliphatic heterocycles. The van der Waals surface area contributed by atoms with Crippen LogP contribution in [0.4, 0.5) is 4.39 Å². The Bertz CT molecular complexity index is 1130. The molecule has 5 heteroatoms. The first-order valence-electron chi connectivity index (χ1n) is 13.0. The maximum atomic E-state index is 15.5. The molecule has 2 aromatic rings. The molecule has 0 N–H and O–H groups in total. The molecule has 4 nitrogen and oxygen atoms in total. The second kappa shape index (κ2) is 11.4. The maximum absolute atomic E-state index is 15.5. The van der Waals surface area contributed by atoms with Gasteiger partial charge in [0.2, 0.25) is 0 Å². The van der Waals surface area contributed by atoms with Crippen LogP contribution in [0.1, 0.15) is 42.4 Å². The Labute approximate surface area is 214 Å². The van der Waals surface area contributed by atoms with Gasteiger partial charge in [0, 0.05) is 44.8 Å². The highest BCUT2D eigenvalue weighted by atomic mass is 19.1. The van der Waals surface area contributed by atoms with E-state index in [0.717, 1.165) is 66.9 Å². The molecule has 36 heavy (non-hydrogen) atoms. The maximum Gasteiger partial charge on any atom is 0.159 e. The summed E-state index contributed by atoms with van der Waals surface area (Å²) in [6.07, 6.45) is 10.6. The predicted octanol–water partition coefficient (Wildman–Crippen LogP) is 6.68. The predicted molar refractivity (Wildman–Crippen MR) is 141 cm³/mol. The fourth-order valence-corrected chi connectivity index (χ4v) is 5.77. The fourth-order valence-electron chi connectivity index (χ4n) is 5.77. The largest absolute Gasteiger partial charge is 0.489 e. The van der Waals surface area contributed by atoms with Gasteiger partial charge in [-0.3, -0.25) is 0 Å². The van der Waals surface area contributed by atoms with E-state index in [2.05, 4.69) is 41.3 Å². The lowest BCUT2D eigenvalue weighted by Gasteiger charge is -2.38. The fraction of sp³-hybridized carbons (Fsp3) is 0.419. The van der Waals surface area contributed by atoms with E-state index in [-0.39, 0.29) is 18.0 Å². The first kappa shape index (κ1) is 24.8. The van der Waals surface area contributed by atoms with Crippen molar-refractivity contribution in [3.05, 3.63) is 95.0 Å². The van der Waals surface area contributed by atoms with Gasteiger partial charge in [-0.15, -0.1) is 0 Å². The number of likely N-dealkylation sites (tertiary alicyclic amines) is 1. The van der Waals surface area contributed by atoms with Crippen molar-refractivity contribution in [2.75, 3.05) is 27.3 Å². The van der Waals surface area contributed by atoms with Crippen LogP contribution in [-0.4, -0.2) is 38.5 Å². The number of ether oxygens (including phenoxy) is 3. The number of methoxy groups -OCH3 is 2. The second-order valence-electron chi connectivity index (χ2n) is 9.90. The summed E-state index contributed by atoms with van der Waals surface area (Å²) in [4.78, 5) is 2.30. The molecule has 1 fully saturated rings. The second-order valence-corrected chi connectivity index (χ2v) is 9.90. The lowest BCUT2D eigenvalue weighted by atomic mass is 9.80. The number of hydrogen-bond donors (Lipinski definition) is 0. The molecule has 0 amide bonds. The summed E-state index contributed by atoms with van der Waals surface area (Å²) in [6, 6.07) is 16.5. The van der Waals surface area contributed by atoms with Crippen LogP contribution in [0.3, 0.4) is 0 Å². The van der Waals surface area contributed by atoms with Gasteiger partial charge in [-0.1, -0.05) is 48.6 Å². The van der Waals surface area contributed by atoms with Gasteiger partial charge < -0.3 is 19.1 Å². The van der Waals surface area contributed by atoms with Crippen molar-refractivity contribution in [2.24, 2.45) is 11.8 Å². The van der Waals surface area contributed by atoms with E-state index in [4.69, 9.17) is 14.2 Å². The number of hydrogen-bond acceptors (Lipinski definition) is 4. The zero-order chi connectivity index (χ0) is 24.9. The molecule has 5 rings (SSSR count). The molecule has 0 radical (unpaired) electrons. The van der Waals surface area contributed by atoms with Crippen LogP contribution in [0.25, 0.3) is 5.57 Å². The standard InChI is InChI=1S/C31H36FNO3/c1-34-31(35-2)23-15-17-33(18-16-23)25-11-13-29(30(32)20-25)28-10-6-9-24-19-26(12-14-27(24)28)36-21-22-7-4-3-5-8-22/h3-5,7-8,10-12,14,19-20,23,29,31H,6,9,13,15-18,21H2,1-2H3. The van der Waals surface area contributed by atoms with Crippen LogP contribution in [0.2, 0.25) is 0 Å². The normalized spacial score (nSPS) is 20.5. The average molecular weight is 490 g/mol. The minimum atomic E-state index is -0.215. The Morgan fingerprint density at radius 1 is 1.00 bits per heavy atom. The average Bonchev–Trinajstić information content (AvgIpc) is 2.93. The minimum absolute atomic E-state index is 0.0372. The third kappa shape index (κ3) is 5.42. The first-order chi connectivity index (χ1) is 17.7. The number of fused-ring (bicyclic) bond motifs is 1. The van der Waals surface area contributed by atoms with Gasteiger partial charge in [0.05, 0.1) is 0 Å². The zero-order valence-electron chi connectivity index (χ0n) is 21.3. The number of nitrogens with zero attached hydrogens (tertiary/aromatic N) is 1. The Balaban J connectivity index is 1.23. The first-order valence-corrected chi connectivity index (χ1v) is 13.0. The summed E-state index contributed by atoms with van der Waals surface area (Å²) in [5.74, 6) is 0.998. The topological polar surface area (TPSA) is 30.9 Å². The van der Waals surface area contributed by atoms with Crippen LogP contribution >= 0.6 is 0 Å². The zero-order valence-corrected chi connectivity index (χ0v) is 21.3. The smallest absolute Gasteiger partial charge is 0.159 e. The van der Waals surface area contributed by atoms with Crippen LogP contribution < -0.4 is 4.74 Å². The highest BCUT2D eigenvalue weighted by Gasteiger charge is 2.30. The molecule has 3 aliphatic rings. The Hall–Kier alpha value is -2.89. The van der Waals surface area contributed by atoms with Gasteiger partial charge in [0.25, 0.3) is 0 Å². The van der Waals surface area contributed by atoms with Gasteiger partial charge in [-0.05, 0) is 72.6 Å². The minimum Gasteiger partial charge on any atom is -0.489 e. The molecule has 1 heterocycles. The van der Waals surface area contributed by atoms with Gasteiger partial charge in [-0.25, -0.2) is 4.39 Å². The van der Waals surface area contributed by atoms with Crippen molar-refractivity contribution >= 4 is 5.57 Å². The third-order valence-electron chi connectivity index (χ3n) is 7.73. The molecule has 1 unspecified atom stereocenters. The van der Waals surface area contributed by atoms with E-state index >= 15 is 4.39 Å². The SMILES string of the molecule is COC(OC)C1CCN(C2=CCC(C3=CCCc4cc(OCc5ccccc5)ccc43)C(F)=C2)CC1.